The van der Waals surface area contributed by atoms with E-state index in [1.54, 1.807) is 35.4 Å². The number of carbonyl (C=O) groups excluding carboxylic acids is 2. The normalized spacial score (nSPS) is 10.2. The lowest BCUT2D eigenvalue weighted by Gasteiger charge is -2.21. The van der Waals surface area contributed by atoms with Gasteiger partial charge in [0.1, 0.15) is 0 Å². The molecule has 0 spiro atoms. The zero-order chi connectivity index (χ0) is 16.7. The lowest BCUT2D eigenvalue weighted by atomic mass is 10.2. The van der Waals surface area contributed by atoms with E-state index in [-0.39, 0.29) is 11.8 Å². The van der Waals surface area contributed by atoms with Crippen LogP contribution in [-0.2, 0) is 11.3 Å². The van der Waals surface area contributed by atoms with Gasteiger partial charge in [-0.1, -0.05) is 23.7 Å². The van der Waals surface area contributed by atoms with Crippen LogP contribution in [0, 0.1) is 0 Å². The highest BCUT2D eigenvalue weighted by Gasteiger charge is 2.11. The van der Waals surface area contributed by atoms with E-state index in [9.17, 15) is 9.59 Å². The number of hydrogen-bond donors (Lipinski definition) is 1. The van der Waals surface area contributed by atoms with Crippen LogP contribution in [0.2, 0.25) is 5.02 Å². The third kappa shape index (κ3) is 5.38. The summed E-state index contributed by atoms with van der Waals surface area (Å²) in [5.74, 6) is -0.247. The third-order valence-corrected chi connectivity index (χ3v) is 3.57. The maximum atomic E-state index is 11.9. The third-order valence-electron chi connectivity index (χ3n) is 3.32. The first-order valence-electron chi connectivity index (χ1n) is 7.24. The molecule has 1 aromatic carbocycles. The number of pyridine rings is 1. The molecule has 0 fully saturated rings. The summed E-state index contributed by atoms with van der Waals surface area (Å²) in [5, 5.41) is 3.44. The Morgan fingerprint density at radius 2 is 1.96 bits per heavy atom. The summed E-state index contributed by atoms with van der Waals surface area (Å²) in [4.78, 5) is 29.2. The monoisotopic (exact) mass is 331 g/mol. The molecule has 1 heterocycles. The molecule has 0 radical (unpaired) electrons. The van der Waals surface area contributed by atoms with Gasteiger partial charge in [-0.05, 0) is 29.8 Å². The summed E-state index contributed by atoms with van der Waals surface area (Å²) < 4.78 is 0. The molecule has 0 aliphatic carbocycles. The van der Waals surface area contributed by atoms with Gasteiger partial charge in [0.05, 0.1) is 5.56 Å². The molecule has 0 atom stereocenters. The summed E-state index contributed by atoms with van der Waals surface area (Å²) in [7, 11) is 0. The Morgan fingerprint density at radius 3 is 2.57 bits per heavy atom. The van der Waals surface area contributed by atoms with Crippen molar-refractivity contribution in [3.63, 3.8) is 0 Å². The van der Waals surface area contributed by atoms with Crippen LogP contribution in [0.25, 0.3) is 0 Å². The van der Waals surface area contributed by atoms with Crippen molar-refractivity contribution in [1.29, 1.82) is 0 Å². The van der Waals surface area contributed by atoms with E-state index >= 15 is 0 Å². The minimum Gasteiger partial charge on any atom is -0.350 e. The van der Waals surface area contributed by atoms with Crippen molar-refractivity contribution in [2.45, 2.75) is 13.5 Å². The quantitative estimate of drug-likeness (QED) is 0.884. The molecule has 6 heteroatoms. The molecule has 0 unspecified atom stereocenters. The van der Waals surface area contributed by atoms with Crippen molar-refractivity contribution in [3.05, 3.63) is 64.9 Å². The number of hydrogen-bond acceptors (Lipinski definition) is 3. The van der Waals surface area contributed by atoms with Crippen LogP contribution in [0.1, 0.15) is 22.8 Å². The minimum absolute atomic E-state index is 0.0458. The maximum absolute atomic E-state index is 11.9. The van der Waals surface area contributed by atoms with Crippen molar-refractivity contribution in [1.82, 2.24) is 15.2 Å². The molecule has 0 aliphatic rings. The number of rotatable bonds is 6. The number of aromatic nitrogens is 1. The number of amides is 2. The predicted molar refractivity (Wildman–Crippen MR) is 89.1 cm³/mol. The van der Waals surface area contributed by atoms with Crippen LogP contribution < -0.4 is 5.32 Å². The topological polar surface area (TPSA) is 62.3 Å². The highest BCUT2D eigenvalue weighted by molar-refractivity contribution is 6.30. The molecule has 1 aromatic heterocycles. The van der Waals surface area contributed by atoms with Gasteiger partial charge < -0.3 is 10.2 Å². The van der Waals surface area contributed by atoms with E-state index in [2.05, 4.69) is 10.3 Å². The second kappa shape index (κ2) is 8.29. The van der Waals surface area contributed by atoms with Crippen LogP contribution in [0.3, 0.4) is 0 Å². The smallest absolute Gasteiger partial charge is 0.252 e. The van der Waals surface area contributed by atoms with Gasteiger partial charge in [0.2, 0.25) is 5.91 Å². The molecule has 1 N–H and O–H groups in total. The van der Waals surface area contributed by atoms with E-state index in [0.717, 1.165) is 5.56 Å². The van der Waals surface area contributed by atoms with Gasteiger partial charge in [-0.15, -0.1) is 0 Å². The molecule has 2 rings (SSSR count). The fourth-order valence-electron chi connectivity index (χ4n) is 2.06. The van der Waals surface area contributed by atoms with Crippen LogP contribution >= 0.6 is 11.6 Å². The van der Waals surface area contributed by atoms with E-state index in [1.807, 2.05) is 12.1 Å². The Labute approximate surface area is 140 Å². The Morgan fingerprint density at radius 1 is 1.22 bits per heavy atom. The number of nitrogens with one attached hydrogen (secondary N) is 1. The fourth-order valence-corrected chi connectivity index (χ4v) is 2.19. The molecule has 0 bridgehead atoms. The number of carbonyl (C=O) groups is 2. The van der Waals surface area contributed by atoms with Crippen LogP contribution in [0.4, 0.5) is 0 Å². The van der Waals surface area contributed by atoms with Gasteiger partial charge in [-0.2, -0.15) is 0 Å². The maximum Gasteiger partial charge on any atom is 0.252 e. The predicted octanol–water partition coefficient (Wildman–Crippen LogP) is 2.51. The zero-order valence-corrected chi connectivity index (χ0v) is 13.6. The second-order valence-electron chi connectivity index (χ2n) is 5.06. The van der Waals surface area contributed by atoms with Gasteiger partial charge in [-0.3, -0.25) is 14.6 Å². The molecule has 2 aromatic rings. The van der Waals surface area contributed by atoms with E-state index in [4.69, 9.17) is 11.6 Å². The van der Waals surface area contributed by atoms with Gasteiger partial charge in [0.25, 0.3) is 5.91 Å². The summed E-state index contributed by atoms with van der Waals surface area (Å²) >= 11 is 5.85. The van der Waals surface area contributed by atoms with Crippen molar-refractivity contribution >= 4 is 23.4 Å². The standard InChI is InChI=1S/C17H18ClN3O2/c1-13(22)21(12-14-4-6-16(18)7-5-14)10-9-20-17(23)15-3-2-8-19-11-15/h2-8,11H,9-10,12H2,1H3,(H,20,23). The van der Waals surface area contributed by atoms with E-state index in [0.29, 0.717) is 30.2 Å². The molecule has 0 saturated carbocycles. The second-order valence-corrected chi connectivity index (χ2v) is 5.50. The van der Waals surface area contributed by atoms with Crippen molar-refractivity contribution in [2.24, 2.45) is 0 Å². The molecular weight excluding hydrogens is 314 g/mol. The van der Waals surface area contributed by atoms with Gasteiger partial charge in [0.15, 0.2) is 0 Å². The molecule has 0 aliphatic heterocycles. The lowest BCUT2D eigenvalue weighted by molar-refractivity contribution is -0.129. The van der Waals surface area contributed by atoms with Crippen LogP contribution in [0.5, 0.6) is 0 Å². The van der Waals surface area contributed by atoms with E-state index < -0.39 is 0 Å². The Balaban J connectivity index is 1.86. The van der Waals surface area contributed by atoms with Gasteiger partial charge in [-0.25, -0.2) is 0 Å². The van der Waals surface area contributed by atoms with Gasteiger partial charge >= 0.3 is 0 Å². The van der Waals surface area contributed by atoms with Crippen LogP contribution in [-0.4, -0.2) is 34.8 Å². The Hall–Kier alpha value is -2.40. The first-order valence-corrected chi connectivity index (χ1v) is 7.62. The molecular formula is C17H18ClN3O2. The highest BCUT2D eigenvalue weighted by Crippen LogP contribution is 2.11. The zero-order valence-electron chi connectivity index (χ0n) is 12.8. The Kier molecular flexibility index (Phi) is 6.11. The average Bonchev–Trinajstić information content (AvgIpc) is 2.56. The summed E-state index contributed by atoms with van der Waals surface area (Å²) in [6.45, 7) is 2.80. The summed E-state index contributed by atoms with van der Waals surface area (Å²) in [6.07, 6.45) is 3.12. The van der Waals surface area contributed by atoms with Gasteiger partial charge in [0, 0.05) is 44.0 Å². The van der Waals surface area contributed by atoms with Crippen molar-refractivity contribution < 1.29 is 9.59 Å². The lowest BCUT2D eigenvalue weighted by Crippen LogP contribution is -2.37. The Bertz CT molecular complexity index is 659. The van der Waals surface area contributed by atoms with Crippen molar-refractivity contribution in [2.75, 3.05) is 13.1 Å². The number of benzene rings is 1. The molecule has 2 amide bonds. The first kappa shape index (κ1) is 17.0. The average molecular weight is 332 g/mol. The molecule has 5 nitrogen and oxygen atoms in total. The number of nitrogens with zero attached hydrogens (tertiary/aromatic N) is 2. The summed E-state index contributed by atoms with van der Waals surface area (Å²) in [5.41, 5.74) is 1.49. The SMILES string of the molecule is CC(=O)N(CCNC(=O)c1cccnc1)Cc1ccc(Cl)cc1. The first-order chi connectivity index (χ1) is 11.1. The van der Waals surface area contributed by atoms with E-state index in [1.165, 1.54) is 13.1 Å². The largest absolute Gasteiger partial charge is 0.350 e. The van der Waals surface area contributed by atoms with Crippen LogP contribution in [0.15, 0.2) is 48.8 Å². The summed E-state index contributed by atoms with van der Waals surface area (Å²) in [6, 6.07) is 10.7. The molecule has 0 saturated heterocycles. The fraction of sp³-hybridized carbons (Fsp3) is 0.235. The molecule has 23 heavy (non-hydrogen) atoms. The highest BCUT2D eigenvalue weighted by atomic mass is 35.5. The minimum atomic E-state index is -0.201. The molecule has 120 valence electrons. The van der Waals surface area contributed by atoms with Crippen molar-refractivity contribution in [3.8, 4) is 0 Å². The number of halogens is 1.